The van der Waals surface area contributed by atoms with Crippen molar-refractivity contribution in [3.8, 4) is 6.07 Å². The fraction of sp³-hybridized carbons (Fsp3) is 0.350. The van der Waals surface area contributed by atoms with Gasteiger partial charge in [-0.3, -0.25) is 4.79 Å². The highest BCUT2D eigenvalue weighted by Gasteiger charge is 2.14. The third-order valence-electron chi connectivity index (χ3n) is 4.06. The average Bonchev–Trinajstić information content (AvgIpc) is 3.11. The van der Waals surface area contributed by atoms with Crippen LogP contribution in [0.1, 0.15) is 36.7 Å². The third-order valence-corrected chi connectivity index (χ3v) is 4.79. The number of carbonyl (C=O) groups is 1. The number of amides is 1. The van der Waals surface area contributed by atoms with Crippen LogP contribution in [-0.4, -0.2) is 44.0 Å². The predicted octanol–water partition coefficient (Wildman–Crippen LogP) is 3.06. The van der Waals surface area contributed by atoms with E-state index in [0.717, 1.165) is 22.6 Å². The molecule has 2 heterocycles. The highest BCUT2D eigenvalue weighted by atomic mass is 32.2. The summed E-state index contributed by atoms with van der Waals surface area (Å²) in [6.45, 7) is 7.07. The second kappa shape index (κ2) is 9.39. The van der Waals surface area contributed by atoms with Crippen LogP contribution in [0.3, 0.4) is 0 Å². The van der Waals surface area contributed by atoms with E-state index in [1.807, 2.05) is 6.07 Å². The van der Waals surface area contributed by atoms with Crippen LogP contribution in [0.15, 0.2) is 35.6 Å². The number of rotatable bonds is 8. The SMILES string of the molecule is CCSc1nc(NC(C)C)c2cnn(CCNC(=O)c3ccc(C#N)cc3)c2n1. The van der Waals surface area contributed by atoms with Crippen molar-refractivity contribution < 1.29 is 4.79 Å². The molecule has 0 fully saturated rings. The summed E-state index contributed by atoms with van der Waals surface area (Å²) in [6, 6.07) is 8.82. The first kappa shape index (κ1) is 20.6. The normalized spacial score (nSPS) is 10.9. The molecule has 3 aromatic rings. The van der Waals surface area contributed by atoms with Crippen molar-refractivity contribution in [1.29, 1.82) is 5.26 Å². The Morgan fingerprint density at radius 2 is 2.03 bits per heavy atom. The first-order chi connectivity index (χ1) is 14.0. The molecule has 1 amide bonds. The predicted molar refractivity (Wildman–Crippen MR) is 114 cm³/mol. The molecule has 0 saturated heterocycles. The number of carbonyl (C=O) groups excluding carboxylic acids is 1. The van der Waals surface area contributed by atoms with Crippen molar-refractivity contribution in [1.82, 2.24) is 25.1 Å². The molecule has 8 nitrogen and oxygen atoms in total. The highest BCUT2D eigenvalue weighted by Crippen LogP contribution is 2.24. The molecule has 0 aliphatic carbocycles. The molecule has 0 aliphatic rings. The number of hydrogen-bond donors (Lipinski definition) is 2. The summed E-state index contributed by atoms with van der Waals surface area (Å²) >= 11 is 1.58. The molecule has 3 rings (SSSR count). The topological polar surface area (TPSA) is 109 Å². The number of hydrogen-bond acceptors (Lipinski definition) is 7. The van der Waals surface area contributed by atoms with Crippen LogP contribution in [0.4, 0.5) is 5.82 Å². The van der Waals surface area contributed by atoms with Crippen LogP contribution in [0.2, 0.25) is 0 Å². The lowest BCUT2D eigenvalue weighted by molar-refractivity contribution is 0.0952. The molecule has 0 saturated carbocycles. The summed E-state index contributed by atoms with van der Waals surface area (Å²) in [5, 5.41) is 21.1. The van der Waals surface area contributed by atoms with Crippen LogP contribution in [0.25, 0.3) is 11.0 Å². The van der Waals surface area contributed by atoms with Gasteiger partial charge in [-0.05, 0) is 43.9 Å². The maximum absolute atomic E-state index is 12.3. The zero-order valence-electron chi connectivity index (χ0n) is 16.6. The van der Waals surface area contributed by atoms with E-state index in [1.165, 1.54) is 0 Å². The van der Waals surface area contributed by atoms with Gasteiger partial charge in [-0.25, -0.2) is 14.6 Å². The zero-order chi connectivity index (χ0) is 20.8. The second-order valence-electron chi connectivity index (χ2n) is 6.64. The average molecular weight is 410 g/mol. The molecular formula is C20H23N7OS. The van der Waals surface area contributed by atoms with Gasteiger partial charge in [0.05, 0.1) is 29.8 Å². The molecular weight excluding hydrogens is 386 g/mol. The number of fused-ring (bicyclic) bond motifs is 1. The van der Waals surface area contributed by atoms with Crippen molar-refractivity contribution >= 4 is 34.5 Å². The van der Waals surface area contributed by atoms with Gasteiger partial charge in [-0.1, -0.05) is 18.7 Å². The number of nitrogens with zero attached hydrogens (tertiary/aromatic N) is 5. The molecule has 0 aliphatic heterocycles. The molecule has 29 heavy (non-hydrogen) atoms. The Kier molecular flexibility index (Phi) is 6.67. The van der Waals surface area contributed by atoms with Gasteiger partial charge < -0.3 is 10.6 Å². The first-order valence-corrected chi connectivity index (χ1v) is 10.4. The largest absolute Gasteiger partial charge is 0.367 e. The molecule has 0 unspecified atom stereocenters. The lowest BCUT2D eigenvalue weighted by Crippen LogP contribution is -2.27. The number of aromatic nitrogens is 4. The van der Waals surface area contributed by atoms with E-state index in [0.29, 0.717) is 29.4 Å². The van der Waals surface area contributed by atoms with E-state index in [-0.39, 0.29) is 11.9 Å². The van der Waals surface area contributed by atoms with E-state index in [4.69, 9.17) is 5.26 Å². The maximum atomic E-state index is 12.3. The maximum Gasteiger partial charge on any atom is 0.251 e. The molecule has 2 aromatic heterocycles. The molecule has 0 radical (unpaired) electrons. The smallest absolute Gasteiger partial charge is 0.251 e. The highest BCUT2D eigenvalue weighted by molar-refractivity contribution is 7.99. The lowest BCUT2D eigenvalue weighted by atomic mass is 10.1. The van der Waals surface area contributed by atoms with Gasteiger partial charge in [0.1, 0.15) is 5.82 Å². The fourth-order valence-corrected chi connectivity index (χ4v) is 3.31. The van der Waals surface area contributed by atoms with E-state index in [9.17, 15) is 4.79 Å². The quantitative estimate of drug-likeness (QED) is 0.435. The Morgan fingerprint density at radius 3 is 2.69 bits per heavy atom. The summed E-state index contributed by atoms with van der Waals surface area (Å²) in [4.78, 5) is 21.5. The first-order valence-electron chi connectivity index (χ1n) is 9.43. The van der Waals surface area contributed by atoms with Crippen LogP contribution in [-0.2, 0) is 6.54 Å². The minimum atomic E-state index is -0.190. The summed E-state index contributed by atoms with van der Waals surface area (Å²) < 4.78 is 1.78. The Labute approximate surface area is 173 Å². The van der Waals surface area contributed by atoms with Gasteiger partial charge in [-0.15, -0.1) is 0 Å². The van der Waals surface area contributed by atoms with E-state index >= 15 is 0 Å². The van der Waals surface area contributed by atoms with Crippen molar-refractivity contribution in [2.75, 3.05) is 17.6 Å². The molecule has 0 atom stereocenters. The second-order valence-corrected chi connectivity index (χ2v) is 7.87. The molecule has 1 aromatic carbocycles. The molecule has 2 N–H and O–H groups in total. The van der Waals surface area contributed by atoms with Crippen LogP contribution >= 0.6 is 11.8 Å². The monoisotopic (exact) mass is 409 g/mol. The Hall–Kier alpha value is -3.12. The summed E-state index contributed by atoms with van der Waals surface area (Å²) in [6.07, 6.45) is 1.75. The van der Waals surface area contributed by atoms with Gasteiger partial charge in [0.15, 0.2) is 10.8 Å². The summed E-state index contributed by atoms with van der Waals surface area (Å²) in [7, 11) is 0. The van der Waals surface area contributed by atoms with Gasteiger partial charge >= 0.3 is 0 Å². The Balaban J connectivity index is 1.73. The van der Waals surface area contributed by atoms with Crippen molar-refractivity contribution in [3.05, 3.63) is 41.6 Å². The Bertz CT molecular complexity index is 1040. The summed E-state index contributed by atoms with van der Waals surface area (Å²) in [5.74, 6) is 1.46. The van der Waals surface area contributed by atoms with Crippen molar-refractivity contribution in [3.63, 3.8) is 0 Å². The van der Waals surface area contributed by atoms with Crippen molar-refractivity contribution in [2.24, 2.45) is 0 Å². The number of thioether (sulfide) groups is 1. The van der Waals surface area contributed by atoms with Crippen LogP contribution < -0.4 is 10.6 Å². The number of nitriles is 1. The molecule has 9 heteroatoms. The third kappa shape index (κ3) is 5.03. The zero-order valence-corrected chi connectivity index (χ0v) is 17.5. The molecule has 150 valence electrons. The number of nitrogens with one attached hydrogen (secondary N) is 2. The van der Waals surface area contributed by atoms with E-state index in [1.54, 1.807) is 46.9 Å². The van der Waals surface area contributed by atoms with E-state index in [2.05, 4.69) is 46.5 Å². The molecule has 0 spiro atoms. The molecule has 0 bridgehead atoms. The number of anilines is 1. The minimum absolute atomic E-state index is 0.190. The Morgan fingerprint density at radius 1 is 1.28 bits per heavy atom. The van der Waals surface area contributed by atoms with Gasteiger partial charge in [0, 0.05) is 18.2 Å². The van der Waals surface area contributed by atoms with E-state index < -0.39 is 0 Å². The van der Waals surface area contributed by atoms with Crippen LogP contribution in [0.5, 0.6) is 0 Å². The van der Waals surface area contributed by atoms with Crippen molar-refractivity contribution in [2.45, 2.75) is 38.5 Å². The standard InChI is InChI=1S/C20H23N7OS/c1-4-29-20-25-17(24-13(2)3)16-12-23-27(18(16)26-20)10-9-22-19(28)15-7-5-14(11-21)6-8-15/h5-8,12-13H,4,9-10H2,1-3H3,(H,22,28)(H,24,25,26). The fourth-order valence-electron chi connectivity index (χ4n) is 2.75. The van der Waals surface area contributed by atoms with Gasteiger partial charge in [0.25, 0.3) is 5.91 Å². The lowest BCUT2D eigenvalue weighted by Gasteiger charge is -2.11. The van der Waals surface area contributed by atoms with Crippen LogP contribution in [0, 0.1) is 11.3 Å². The van der Waals surface area contributed by atoms with Gasteiger partial charge in [0.2, 0.25) is 0 Å². The summed E-state index contributed by atoms with van der Waals surface area (Å²) in [5.41, 5.74) is 1.78. The minimum Gasteiger partial charge on any atom is -0.367 e. The number of benzene rings is 1. The van der Waals surface area contributed by atoms with Gasteiger partial charge in [-0.2, -0.15) is 10.4 Å².